The summed E-state index contributed by atoms with van der Waals surface area (Å²) >= 11 is 1.60. The summed E-state index contributed by atoms with van der Waals surface area (Å²) in [5.74, 6) is 0.472. The number of hydrogen-bond donors (Lipinski definition) is 0. The molecule has 4 heterocycles. The van der Waals surface area contributed by atoms with Crippen LogP contribution >= 0.6 is 11.3 Å². The van der Waals surface area contributed by atoms with Crippen LogP contribution in [0.15, 0.2) is 57.3 Å². The Kier molecular flexibility index (Phi) is 4.71. The Labute approximate surface area is 154 Å². The first kappa shape index (κ1) is 16.8. The van der Waals surface area contributed by atoms with Crippen molar-refractivity contribution in [1.82, 2.24) is 14.7 Å². The fourth-order valence-corrected chi connectivity index (χ4v) is 4.03. The van der Waals surface area contributed by atoms with E-state index in [1.54, 1.807) is 40.5 Å². The second-order valence-electron chi connectivity index (χ2n) is 6.45. The third kappa shape index (κ3) is 3.48. The van der Waals surface area contributed by atoms with E-state index >= 15 is 0 Å². The van der Waals surface area contributed by atoms with Gasteiger partial charge in [0, 0.05) is 25.7 Å². The summed E-state index contributed by atoms with van der Waals surface area (Å²) in [7, 11) is 0. The summed E-state index contributed by atoms with van der Waals surface area (Å²) in [5.41, 5.74) is 0.693. The molecule has 0 N–H and O–H groups in total. The van der Waals surface area contributed by atoms with Crippen LogP contribution in [0.25, 0.3) is 10.6 Å². The molecule has 1 atom stereocenters. The van der Waals surface area contributed by atoms with Gasteiger partial charge in [0.15, 0.2) is 5.76 Å². The van der Waals surface area contributed by atoms with Crippen molar-refractivity contribution in [2.24, 2.45) is 5.92 Å². The molecule has 3 aromatic heterocycles. The first-order valence-corrected chi connectivity index (χ1v) is 9.53. The lowest BCUT2D eigenvalue weighted by Crippen LogP contribution is -2.42. The molecule has 0 radical (unpaired) electrons. The summed E-state index contributed by atoms with van der Waals surface area (Å²) in [4.78, 5) is 27.6. The van der Waals surface area contributed by atoms with Crippen molar-refractivity contribution in [3.63, 3.8) is 0 Å². The molecule has 1 aliphatic heterocycles. The highest BCUT2D eigenvalue weighted by atomic mass is 32.1. The molecule has 7 heteroatoms. The lowest BCUT2D eigenvalue weighted by molar-refractivity contribution is 0.0627. The maximum absolute atomic E-state index is 12.5. The number of nitrogens with zero attached hydrogens (tertiary/aromatic N) is 3. The van der Waals surface area contributed by atoms with Crippen LogP contribution in [-0.2, 0) is 6.54 Å². The van der Waals surface area contributed by atoms with E-state index in [4.69, 9.17) is 4.42 Å². The van der Waals surface area contributed by atoms with Gasteiger partial charge in [0.25, 0.3) is 11.5 Å². The molecule has 0 aromatic carbocycles. The molecule has 1 saturated heterocycles. The van der Waals surface area contributed by atoms with Gasteiger partial charge >= 0.3 is 0 Å². The fraction of sp³-hybridized carbons (Fsp3) is 0.316. The molecule has 1 amide bonds. The predicted octanol–water partition coefficient (Wildman–Crippen LogP) is 3.12. The minimum absolute atomic E-state index is 0.0904. The molecular weight excluding hydrogens is 350 g/mol. The number of furan rings is 1. The highest BCUT2D eigenvalue weighted by Gasteiger charge is 2.26. The molecule has 26 heavy (non-hydrogen) atoms. The Bertz CT molecular complexity index is 931. The second kappa shape index (κ2) is 7.29. The van der Waals surface area contributed by atoms with Crippen molar-refractivity contribution < 1.29 is 9.21 Å². The fourth-order valence-electron chi connectivity index (χ4n) is 3.33. The van der Waals surface area contributed by atoms with Crippen LogP contribution in [0.3, 0.4) is 0 Å². The minimum atomic E-state index is -0.111. The summed E-state index contributed by atoms with van der Waals surface area (Å²) in [5, 5.41) is 6.51. The van der Waals surface area contributed by atoms with Gasteiger partial charge in [-0.1, -0.05) is 6.07 Å². The molecule has 0 saturated carbocycles. The maximum Gasteiger partial charge on any atom is 0.289 e. The number of thiophene rings is 1. The molecular formula is C19H19N3O3S. The number of piperidine rings is 1. The van der Waals surface area contributed by atoms with Crippen LogP contribution in [0.4, 0.5) is 0 Å². The maximum atomic E-state index is 12.5. The molecule has 0 unspecified atom stereocenters. The van der Waals surface area contributed by atoms with E-state index in [1.807, 2.05) is 17.5 Å². The lowest BCUT2D eigenvalue weighted by atomic mass is 9.98. The van der Waals surface area contributed by atoms with Crippen molar-refractivity contribution in [3.05, 3.63) is 64.2 Å². The highest BCUT2D eigenvalue weighted by molar-refractivity contribution is 7.13. The van der Waals surface area contributed by atoms with E-state index in [1.165, 1.54) is 10.9 Å². The van der Waals surface area contributed by atoms with Gasteiger partial charge in [0.1, 0.15) is 5.69 Å². The average molecular weight is 369 g/mol. The van der Waals surface area contributed by atoms with Gasteiger partial charge in [-0.2, -0.15) is 5.10 Å². The van der Waals surface area contributed by atoms with Crippen LogP contribution < -0.4 is 5.56 Å². The lowest BCUT2D eigenvalue weighted by Gasteiger charge is -2.32. The molecule has 0 bridgehead atoms. The Balaban J connectivity index is 1.49. The van der Waals surface area contributed by atoms with Crippen molar-refractivity contribution in [2.45, 2.75) is 19.4 Å². The molecule has 1 fully saturated rings. The molecule has 0 spiro atoms. The van der Waals surface area contributed by atoms with Crippen molar-refractivity contribution in [1.29, 1.82) is 0 Å². The quantitative estimate of drug-likeness (QED) is 0.709. The van der Waals surface area contributed by atoms with Crippen molar-refractivity contribution >= 4 is 17.2 Å². The Morgan fingerprint density at radius 1 is 1.27 bits per heavy atom. The average Bonchev–Trinajstić information content (AvgIpc) is 3.37. The second-order valence-corrected chi connectivity index (χ2v) is 7.40. The monoisotopic (exact) mass is 369 g/mol. The van der Waals surface area contributed by atoms with Gasteiger partial charge in [-0.05, 0) is 48.4 Å². The normalized spacial score (nSPS) is 17.4. The first-order valence-electron chi connectivity index (χ1n) is 8.65. The summed E-state index contributed by atoms with van der Waals surface area (Å²) < 4.78 is 6.75. The number of aromatic nitrogens is 2. The molecule has 1 aliphatic rings. The highest BCUT2D eigenvalue weighted by Crippen LogP contribution is 2.23. The summed E-state index contributed by atoms with van der Waals surface area (Å²) in [6, 6.07) is 10.7. The Morgan fingerprint density at radius 3 is 2.96 bits per heavy atom. The number of carbonyl (C=O) groups is 1. The van der Waals surface area contributed by atoms with Crippen molar-refractivity contribution in [3.8, 4) is 10.6 Å². The zero-order chi connectivity index (χ0) is 17.9. The van der Waals surface area contributed by atoms with Gasteiger partial charge < -0.3 is 9.32 Å². The summed E-state index contributed by atoms with van der Waals surface area (Å²) in [6.07, 6.45) is 3.39. The molecule has 3 aromatic rings. The first-order chi connectivity index (χ1) is 12.7. The zero-order valence-electron chi connectivity index (χ0n) is 14.2. The topological polar surface area (TPSA) is 68.3 Å². The smallest absolute Gasteiger partial charge is 0.289 e. The van der Waals surface area contributed by atoms with Crippen LogP contribution in [-0.4, -0.2) is 33.7 Å². The van der Waals surface area contributed by atoms with Gasteiger partial charge in [-0.15, -0.1) is 11.3 Å². The van der Waals surface area contributed by atoms with Crippen LogP contribution in [0, 0.1) is 5.92 Å². The number of rotatable bonds is 4. The molecule has 0 aliphatic carbocycles. The number of hydrogen-bond acceptors (Lipinski definition) is 5. The third-order valence-electron chi connectivity index (χ3n) is 4.61. The van der Waals surface area contributed by atoms with Gasteiger partial charge in [-0.3, -0.25) is 9.59 Å². The standard InChI is InChI=1S/C19H19N3O3S/c23-18-8-7-15(17-6-3-11-26-17)20-22(18)13-14-4-1-9-21(12-14)19(24)16-5-2-10-25-16/h2-3,5-8,10-11,14H,1,4,9,12-13H2/t14-/m0/s1. The zero-order valence-corrected chi connectivity index (χ0v) is 15.0. The van der Waals surface area contributed by atoms with E-state index in [-0.39, 0.29) is 17.4 Å². The number of carbonyl (C=O) groups excluding carboxylic acids is 1. The van der Waals surface area contributed by atoms with Gasteiger partial charge in [-0.25, -0.2) is 4.68 Å². The molecule has 4 rings (SSSR count). The molecule has 6 nitrogen and oxygen atoms in total. The number of amides is 1. The Hall–Kier alpha value is -2.67. The Morgan fingerprint density at radius 2 is 2.19 bits per heavy atom. The van der Waals surface area contributed by atoms with E-state index in [2.05, 4.69) is 5.10 Å². The van der Waals surface area contributed by atoms with E-state index in [0.29, 0.717) is 25.4 Å². The number of likely N-dealkylation sites (tertiary alicyclic amines) is 1. The van der Waals surface area contributed by atoms with E-state index in [0.717, 1.165) is 23.4 Å². The summed E-state index contributed by atoms with van der Waals surface area (Å²) in [6.45, 7) is 1.84. The third-order valence-corrected chi connectivity index (χ3v) is 5.50. The van der Waals surface area contributed by atoms with Crippen LogP contribution in [0.5, 0.6) is 0 Å². The molecule has 134 valence electrons. The van der Waals surface area contributed by atoms with Gasteiger partial charge in [0.2, 0.25) is 0 Å². The van der Waals surface area contributed by atoms with E-state index < -0.39 is 0 Å². The van der Waals surface area contributed by atoms with Crippen LogP contribution in [0.1, 0.15) is 23.4 Å². The predicted molar refractivity (Wildman–Crippen MR) is 99.1 cm³/mol. The minimum Gasteiger partial charge on any atom is -0.459 e. The van der Waals surface area contributed by atoms with Crippen molar-refractivity contribution in [2.75, 3.05) is 13.1 Å². The van der Waals surface area contributed by atoms with E-state index in [9.17, 15) is 9.59 Å². The van der Waals surface area contributed by atoms with Gasteiger partial charge in [0.05, 0.1) is 11.1 Å². The SMILES string of the molecule is O=C(c1ccco1)N1CCC[C@H](Cn2nc(-c3cccs3)ccc2=O)C1. The largest absolute Gasteiger partial charge is 0.459 e. The van der Waals surface area contributed by atoms with Crippen LogP contribution in [0.2, 0.25) is 0 Å².